The monoisotopic (exact) mass is 428 g/mol. The Morgan fingerprint density at radius 3 is 2.74 bits per heavy atom. The fourth-order valence-electron chi connectivity index (χ4n) is 4.63. The second kappa shape index (κ2) is 6.80. The first-order chi connectivity index (χ1) is 15.2. The smallest absolute Gasteiger partial charge is 0.240 e. The quantitative estimate of drug-likeness (QED) is 0.539. The average Bonchev–Trinajstić information content (AvgIpc) is 3.02. The predicted octanol–water partition coefficient (Wildman–Crippen LogP) is 3.13. The molecule has 0 unspecified atom stereocenters. The Kier molecular flexibility index (Phi) is 4.03. The summed E-state index contributed by atoms with van der Waals surface area (Å²) in [6.45, 7) is 1.63. The van der Waals surface area contributed by atoms with Gasteiger partial charge in [-0.15, -0.1) is 0 Å². The third-order valence-electron chi connectivity index (χ3n) is 6.23. The molecule has 1 amide bonds. The van der Waals surface area contributed by atoms with E-state index in [9.17, 15) is 4.79 Å². The topological polar surface area (TPSA) is 83.9 Å². The molecule has 0 aliphatic carbocycles. The van der Waals surface area contributed by atoms with Gasteiger partial charge >= 0.3 is 0 Å². The molecule has 4 aromatic rings. The molecule has 0 atom stereocenters. The molecule has 1 N–H and O–H groups in total. The van der Waals surface area contributed by atoms with Gasteiger partial charge in [-0.2, -0.15) is 10.2 Å². The molecule has 2 aliphatic heterocycles. The van der Waals surface area contributed by atoms with Crippen LogP contribution < -0.4 is 10.2 Å². The maximum Gasteiger partial charge on any atom is 0.240 e. The highest BCUT2D eigenvalue weighted by atomic mass is 35.5. The fourth-order valence-corrected chi connectivity index (χ4v) is 4.81. The van der Waals surface area contributed by atoms with Crippen LogP contribution in [0.5, 0.6) is 0 Å². The summed E-state index contributed by atoms with van der Waals surface area (Å²) in [5, 5.41) is 13.8. The molecule has 3 aromatic heterocycles. The molecule has 31 heavy (non-hydrogen) atoms. The number of nitrogens with one attached hydrogen (secondary N) is 1. The van der Waals surface area contributed by atoms with Crippen molar-refractivity contribution in [2.24, 2.45) is 0 Å². The summed E-state index contributed by atoms with van der Waals surface area (Å²) in [5.41, 5.74) is 3.99. The van der Waals surface area contributed by atoms with Crippen molar-refractivity contribution in [2.45, 2.75) is 12.0 Å². The lowest BCUT2D eigenvalue weighted by atomic mass is 9.77. The highest BCUT2D eigenvalue weighted by Crippen LogP contribution is 2.45. The number of hydrogen-bond acceptors (Lipinski definition) is 6. The average molecular weight is 429 g/mol. The molecular weight excluding hydrogens is 412 g/mol. The van der Waals surface area contributed by atoms with E-state index in [0.717, 1.165) is 38.8 Å². The number of anilines is 1. The second-order valence-electron chi connectivity index (χ2n) is 7.91. The lowest BCUT2D eigenvalue weighted by Gasteiger charge is -2.38. The number of halogens is 1. The van der Waals surface area contributed by atoms with Gasteiger partial charge in [0.15, 0.2) is 0 Å². The lowest BCUT2D eigenvalue weighted by molar-refractivity contribution is -0.125. The van der Waals surface area contributed by atoms with Gasteiger partial charge in [-0.3, -0.25) is 14.8 Å². The first kappa shape index (κ1) is 18.4. The van der Waals surface area contributed by atoms with Crippen LogP contribution in [0.3, 0.4) is 0 Å². The summed E-state index contributed by atoms with van der Waals surface area (Å²) >= 11 is 6.21. The number of pyridine rings is 2. The summed E-state index contributed by atoms with van der Waals surface area (Å²) in [7, 11) is 0. The number of hydrogen-bond donors (Lipinski definition) is 1. The molecule has 6 rings (SSSR count). The van der Waals surface area contributed by atoms with Crippen molar-refractivity contribution < 1.29 is 4.79 Å². The molecule has 0 radical (unpaired) electrons. The maximum absolute atomic E-state index is 13.5. The molecule has 2 aliphatic rings. The fraction of sp³-hybridized carbons (Fsp3) is 0.174. The lowest BCUT2D eigenvalue weighted by Crippen LogP contribution is -2.61. The summed E-state index contributed by atoms with van der Waals surface area (Å²) < 4.78 is 0. The first-order valence-electron chi connectivity index (χ1n) is 9.99. The number of fused-ring (bicyclic) bond motifs is 3. The van der Waals surface area contributed by atoms with Crippen molar-refractivity contribution in [2.75, 3.05) is 18.0 Å². The predicted molar refractivity (Wildman–Crippen MR) is 118 cm³/mol. The Hall–Kier alpha value is -3.42. The van der Waals surface area contributed by atoms with E-state index in [-0.39, 0.29) is 5.91 Å². The van der Waals surface area contributed by atoms with Crippen molar-refractivity contribution in [1.82, 2.24) is 25.5 Å². The maximum atomic E-state index is 13.5. The van der Waals surface area contributed by atoms with E-state index in [4.69, 9.17) is 16.6 Å². The third kappa shape index (κ3) is 2.67. The van der Waals surface area contributed by atoms with E-state index in [0.29, 0.717) is 24.7 Å². The van der Waals surface area contributed by atoms with Gasteiger partial charge in [0, 0.05) is 47.0 Å². The zero-order valence-corrected chi connectivity index (χ0v) is 17.2. The number of carbonyl (C=O) groups is 1. The van der Waals surface area contributed by atoms with Gasteiger partial charge in [-0.05, 0) is 35.2 Å². The van der Waals surface area contributed by atoms with Crippen molar-refractivity contribution >= 4 is 34.0 Å². The number of amides is 1. The van der Waals surface area contributed by atoms with Gasteiger partial charge < -0.3 is 10.2 Å². The molecule has 8 heteroatoms. The van der Waals surface area contributed by atoms with Crippen LogP contribution in [0.1, 0.15) is 11.3 Å². The Morgan fingerprint density at radius 1 is 1.06 bits per heavy atom. The van der Waals surface area contributed by atoms with E-state index in [2.05, 4.69) is 20.5 Å². The molecule has 1 saturated heterocycles. The molecule has 0 saturated carbocycles. The molecule has 7 nitrogen and oxygen atoms in total. The first-order valence-corrected chi connectivity index (χ1v) is 10.4. The van der Waals surface area contributed by atoms with Crippen LogP contribution in [-0.2, 0) is 16.8 Å². The third-order valence-corrected chi connectivity index (χ3v) is 6.46. The number of rotatable bonds is 3. The van der Waals surface area contributed by atoms with Crippen LogP contribution in [0.25, 0.3) is 21.9 Å². The van der Waals surface area contributed by atoms with Crippen LogP contribution in [0, 0.1) is 0 Å². The van der Waals surface area contributed by atoms with Gasteiger partial charge in [-0.1, -0.05) is 17.7 Å². The number of benzene rings is 1. The molecule has 1 fully saturated rings. The van der Waals surface area contributed by atoms with Gasteiger partial charge in [-0.25, -0.2) is 0 Å². The zero-order valence-electron chi connectivity index (χ0n) is 16.4. The van der Waals surface area contributed by atoms with Crippen molar-refractivity contribution in [3.63, 3.8) is 0 Å². The number of carbonyl (C=O) groups excluding carboxylic acids is 1. The number of nitrogens with zero attached hydrogens (tertiary/aromatic N) is 5. The van der Waals surface area contributed by atoms with Gasteiger partial charge in [0.25, 0.3) is 0 Å². The van der Waals surface area contributed by atoms with E-state index >= 15 is 0 Å². The summed E-state index contributed by atoms with van der Waals surface area (Å²) in [4.78, 5) is 24.4. The van der Waals surface area contributed by atoms with Crippen LogP contribution in [0.4, 0.5) is 5.69 Å². The standard InChI is InChI=1S/C23H17ClN6O/c24-16-1-2-17-15(7-16)8-27-19(21(17)14-3-6-28-29-9-14)11-30-20-10-25-5-4-18(20)23(22(30)31)12-26-13-23/h1-10,26H,11-13H2. The molecule has 0 bridgehead atoms. The Morgan fingerprint density at radius 2 is 1.97 bits per heavy atom. The SMILES string of the molecule is O=C1N(Cc2ncc3cc(Cl)ccc3c2-c2ccnnc2)c2cnccc2C12CNC2. The molecule has 1 aromatic carbocycles. The van der Waals surface area contributed by atoms with Crippen molar-refractivity contribution in [1.29, 1.82) is 0 Å². The second-order valence-corrected chi connectivity index (χ2v) is 8.35. The summed E-state index contributed by atoms with van der Waals surface area (Å²) in [5.74, 6) is 0.0889. The molecular formula is C23H17ClN6O. The minimum atomic E-state index is -0.499. The van der Waals surface area contributed by atoms with Crippen molar-refractivity contribution in [3.8, 4) is 11.1 Å². The van der Waals surface area contributed by atoms with Crippen LogP contribution in [-0.4, -0.2) is 39.2 Å². The molecule has 152 valence electrons. The largest absolute Gasteiger partial charge is 0.314 e. The molecule has 5 heterocycles. The normalized spacial score (nSPS) is 16.5. The van der Waals surface area contributed by atoms with E-state index < -0.39 is 5.41 Å². The van der Waals surface area contributed by atoms with Gasteiger partial charge in [0.05, 0.1) is 36.5 Å². The Labute approximate surface area is 183 Å². The summed E-state index contributed by atoms with van der Waals surface area (Å²) in [6.07, 6.45) is 8.70. The van der Waals surface area contributed by atoms with Crippen LogP contribution in [0.15, 0.2) is 61.3 Å². The minimum absolute atomic E-state index is 0.0889. The van der Waals surface area contributed by atoms with E-state index in [1.165, 1.54) is 0 Å². The van der Waals surface area contributed by atoms with Crippen LogP contribution in [0.2, 0.25) is 5.02 Å². The van der Waals surface area contributed by atoms with Crippen LogP contribution >= 0.6 is 11.6 Å². The summed E-state index contributed by atoms with van der Waals surface area (Å²) in [6, 6.07) is 9.59. The minimum Gasteiger partial charge on any atom is -0.314 e. The Balaban J connectivity index is 1.52. The Bertz CT molecular complexity index is 1340. The van der Waals surface area contributed by atoms with E-state index in [1.807, 2.05) is 35.2 Å². The van der Waals surface area contributed by atoms with Gasteiger partial charge in [0.1, 0.15) is 5.41 Å². The highest BCUT2D eigenvalue weighted by molar-refractivity contribution is 6.31. The van der Waals surface area contributed by atoms with Crippen molar-refractivity contribution in [3.05, 3.63) is 77.6 Å². The van der Waals surface area contributed by atoms with E-state index in [1.54, 1.807) is 31.0 Å². The highest BCUT2D eigenvalue weighted by Gasteiger charge is 2.54. The number of aromatic nitrogens is 4. The van der Waals surface area contributed by atoms with Gasteiger partial charge in [0.2, 0.25) is 5.91 Å². The zero-order chi connectivity index (χ0) is 21.0. The molecule has 1 spiro atoms.